The van der Waals surface area contributed by atoms with Crippen molar-refractivity contribution in [3.63, 3.8) is 0 Å². The van der Waals surface area contributed by atoms with Gasteiger partial charge in [-0.2, -0.15) is 0 Å². The van der Waals surface area contributed by atoms with Crippen molar-refractivity contribution in [1.29, 1.82) is 0 Å². The summed E-state index contributed by atoms with van der Waals surface area (Å²) in [5.41, 5.74) is 5.16. The number of hydrogen-bond acceptors (Lipinski definition) is 6. The Balaban J connectivity index is 1.51. The van der Waals surface area contributed by atoms with Crippen LogP contribution in [0.3, 0.4) is 0 Å². The van der Waals surface area contributed by atoms with Crippen molar-refractivity contribution >= 4 is 6.09 Å². The van der Waals surface area contributed by atoms with Crippen LogP contribution in [0.25, 0.3) is 0 Å². The number of nitrogens with two attached hydrogens (primary N) is 1. The Bertz CT molecular complexity index is 425. The molecule has 2 aliphatic rings. The molecule has 2 saturated heterocycles. The molecule has 158 valence electrons. The van der Waals surface area contributed by atoms with Crippen molar-refractivity contribution < 1.29 is 14.3 Å². The Hall–Kier alpha value is -0.890. The van der Waals surface area contributed by atoms with Gasteiger partial charge in [-0.3, -0.25) is 0 Å². The zero-order valence-corrected chi connectivity index (χ0v) is 17.6. The van der Waals surface area contributed by atoms with Gasteiger partial charge in [0, 0.05) is 52.4 Å². The van der Waals surface area contributed by atoms with Gasteiger partial charge in [0.15, 0.2) is 0 Å². The van der Waals surface area contributed by atoms with Crippen molar-refractivity contribution in [2.75, 3.05) is 65.5 Å². The number of hydrogen-bond donors (Lipinski definition) is 1. The molecule has 2 N–H and O–H groups in total. The van der Waals surface area contributed by atoms with Gasteiger partial charge in [-0.15, -0.1) is 0 Å². The largest absolute Gasteiger partial charge is 0.444 e. The predicted molar refractivity (Wildman–Crippen MR) is 108 cm³/mol. The molecule has 7 heteroatoms. The monoisotopic (exact) mass is 384 g/mol. The molecule has 7 nitrogen and oxygen atoms in total. The van der Waals surface area contributed by atoms with E-state index in [-0.39, 0.29) is 12.2 Å². The summed E-state index contributed by atoms with van der Waals surface area (Å²) in [6, 6.07) is 0. The number of rotatable bonds is 8. The summed E-state index contributed by atoms with van der Waals surface area (Å²) in [5, 5.41) is 0. The summed E-state index contributed by atoms with van der Waals surface area (Å²) in [4.78, 5) is 18.9. The highest BCUT2D eigenvalue weighted by Gasteiger charge is 2.27. The molecule has 0 bridgehead atoms. The lowest BCUT2D eigenvalue weighted by Crippen LogP contribution is -2.47. The molecule has 2 fully saturated rings. The molecule has 0 aromatic rings. The van der Waals surface area contributed by atoms with Gasteiger partial charge in [0.05, 0.1) is 6.10 Å². The second-order valence-electron chi connectivity index (χ2n) is 8.72. The molecule has 0 unspecified atom stereocenters. The van der Waals surface area contributed by atoms with Crippen molar-refractivity contribution in [2.24, 2.45) is 5.73 Å². The Kier molecular flexibility index (Phi) is 9.29. The van der Waals surface area contributed by atoms with Crippen molar-refractivity contribution in [1.82, 2.24) is 14.7 Å². The summed E-state index contributed by atoms with van der Waals surface area (Å²) in [5.74, 6) is 0. The molecule has 0 aromatic carbocycles. The Morgan fingerprint density at radius 2 is 1.52 bits per heavy atom. The predicted octanol–water partition coefficient (Wildman–Crippen LogP) is 1.76. The number of amides is 1. The van der Waals surface area contributed by atoms with E-state index in [1.165, 1.54) is 0 Å². The fourth-order valence-corrected chi connectivity index (χ4v) is 3.62. The van der Waals surface area contributed by atoms with E-state index in [9.17, 15) is 4.79 Å². The quantitative estimate of drug-likeness (QED) is 0.643. The van der Waals surface area contributed by atoms with Crippen molar-refractivity contribution in [3.05, 3.63) is 0 Å². The molecule has 2 heterocycles. The molecule has 2 rings (SSSR count). The molecular weight excluding hydrogens is 344 g/mol. The molecule has 0 spiro atoms. The van der Waals surface area contributed by atoms with Gasteiger partial charge in [0.2, 0.25) is 0 Å². The van der Waals surface area contributed by atoms with E-state index in [1.54, 1.807) is 4.90 Å². The van der Waals surface area contributed by atoms with Gasteiger partial charge in [-0.1, -0.05) is 0 Å². The van der Waals surface area contributed by atoms with Crippen LogP contribution in [0.1, 0.15) is 46.5 Å². The third kappa shape index (κ3) is 8.77. The number of carbonyl (C=O) groups excluding carboxylic acids is 1. The minimum Gasteiger partial charge on any atom is -0.444 e. The minimum absolute atomic E-state index is 0.202. The Morgan fingerprint density at radius 3 is 2.04 bits per heavy atom. The third-order valence-electron chi connectivity index (χ3n) is 5.21. The maximum absolute atomic E-state index is 12.1. The first kappa shape index (κ1) is 22.4. The fourth-order valence-electron chi connectivity index (χ4n) is 3.62. The summed E-state index contributed by atoms with van der Waals surface area (Å²) < 4.78 is 11.5. The van der Waals surface area contributed by atoms with Crippen LogP contribution in [-0.2, 0) is 9.47 Å². The van der Waals surface area contributed by atoms with E-state index in [4.69, 9.17) is 15.2 Å². The summed E-state index contributed by atoms with van der Waals surface area (Å²) >= 11 is 0. The lowest BCUT2D eigenvalue weighted by atomic mass is 10.1. The second-order valence-corrected chi connectivity index (χ2v) is 8.72. The van der Waals surface area contributed by atoms with Crippen LogP contribution in [0.5, 0.6) is 0 Å². The van der Waals surface area contributed by atoms with Gasteiger partial charge in [-0.05, 0) is 59.5 Å². The van der Waals surface area contributed by atoms with Gasteiger partial charge >= 0.3 is 6.09 Å². The van der Waals surface area contributed by atoms with Crippen LogP contribution in [-0.4, -0.2) is 98.0 Å². The molecule has 0 aliphatic carbocycles. The summed E-state index contributed by atoms with van der Waals surface area (Å²) in [6.45, 7) is 15.6. The molecule has 27 heavy (non-hydrogen) atoms. The first-order valence-electron chi connectivity index (χ1n) is 10.6. The first-order valence-corrected chi connectivity index (χ1v) is 10.6. The maximum Gasteiger partial charge on any atom is 0.410 e. The average molecular weight is 385 g/mol. The third-order valence-corrected chi connectivity index (χ3v) is 5.21. The number of ether oxygens (including phenoxy) is 2. The number of piperazine rings is 1. The van der Waals surface area contributed by atoms with E-state index in [2.05, 4.69) is 9.80 Å². The topological polar surface area (TPSA) is 71.3 Å². The van der Waals surface area contributed by atoms with Gasteiger partial charge < -0.3 is 29.9 Å². The van der Waals surface area contributed by atoms with E-state index >= 15 is 0 Å². The zero-order valence-electron chi connectivity index (χ0n) is 17.6. The van der Waals surface area contributed by atoms with Crippen LogP contribution < -0.4 is 5.73 Å². The van der Waals surface area contributed by atoms with E-state index < -0.39 is 5.60 Å². The minimum atomic E-state index is -0.430. The SMILES string of the molecule is CC(C)(C)OC(=O)N1CCC(OCCCN2CCN(CCCN)CC2)CC1. The smallest absolute Gasteiger partial charge is 0.410 e. The summed E-state index contributed by atoms with van der Waals surface area (Å²) in [6.07, 6.45) is 4.05. The Labute approximate surface area is 165 Å². The van der Waals surface area contributed by atoms with Gasteiger partial charge in [-0.25, -0.2) is 4.79 Å². The maximum atomic E-state index is 12.1. The molecule has 0 aromatic heterocycles. The highest BCUT2D eigenvalue weighted by Crippen LogP contribution is 2.17. The molecule has 1 amide bonds. The normalized spacial score (nSPS) is 20.8. The molecular formula is C20H40N4O3. The zero-order chi connectivity index (χ0) is 19.7. The highest BCUT2D eigenvalue weighted by molar-refractivity contribution is 5.68. The van der Waals surface area contributed by atoms with Crippen LogP contribution in [0.15, 0.2) is 0 Å². The first-order chi connectivity index (χ1) is 12.9. The van der Waals surface area contributed by atoms with Gasteiger partial charge in [0.1, 0.15) is 5.60 Å². The van der Waals surface area contributed by atoms with Crippen LogP contribution >= 0.6 is 0 Å². The van der Waals surface area contributed by atoms with E-state index in [1.807, 2.05) is 20.8 Å². The van der Waals surface area contributed by atoms with Gasteiger partial charge in [0.25, 0.3) is 0 Å². The van der Waals surface area contributed by atoms with E-state index in [0.29, 0.717) is 0 Å². The lowest BCUT2D eigenvalue weighted by Gasteiger charge is -2.35. The standard InChI is InChI=1S/C20H40N4O3/c1-20(2,3)27-19(25)24-11-6-18(7-12-24)26-17-5-10-23-15-13-22(14-16-23)9-4-8-21/h18H,4-17,21H2,1-3H3. The molecule has 2 aliphatic heterocycles. The average Bonchev–Trinajstić information content (AvgIpc) is 2.63. The molecule has 0 atom stereocenters. The van der Waals surface area contributed by atoms with Crippen LogP contribution in [0, 0.1) is 0 Å². The lowest BCUT2D eigenvalue weighted by molar-refractivity contribution is -0.0136. The second kappa shape index (κ2) is 11.2. The van der Waals surface area contributed by atoms with Crippen molar-refractivity contribution in [2.45, 2.75) is 58.2 Å². The number of carbonyl (C=O) groups is 1. The van der Waals surface area contributed by atoms with Crippen molar-refractivity contribution in [3.8, 4) is 0 Å². The van der Waals surface area contributed by atoms with E-state index in [0.717, 1.165) is 91.2 Å². The van der Waals surface area contributed by atoms with Crippen LogP contribution in [0.4, 0.5) is 4.79 Å². The fraction of sp³-hybridized carbons (Fsp3) is 0.950. The molecule has 0 radical (unpaired) electrons. The highest BCUT2D eigenvalue weighted by atomic mass is 16.6. The number of nitrogens with zero attached hydrogens (tertiary/aromatic N) is 3. The summed E-state index contributed by atoms with van der Waals surface area (Å²) in [7, 11) is 0. The number of likely N-dealkylation sites (tertiary alicyclic amines) is 1. The Morgan fingerprint density at radius 1 is 0.963 bits per heavy atom. The molecule has 0 saturated carbocycles. The van der Waals surface area contributed by atoms with Crippen LogP contribution in [0.2, 0.25) is 0 Å². The number of piperidine rings is 1.